The zero-order valence-corrected chi connectivity index (χ0v) is 8.52. The van der Waals surface area contributed by atoms with Gasteiger partial charge in [-0.3, -0.25) is 0 Å². The summed E-state index contributed by atoms with van der Waals surface area (Å²) in [5.74, 6) is 0. The molecule has 0 aliphatic heterocycles. The molecular formula is C6H15Cl2NO2. The number of nitrogens with zero attached hydrogens (tertiary/aromatic N) is 1. The number of halogens is 2. The van der Waals surface area contributed by atoms with Crippen LogP contribution in [-0.4, -0.2) is 47.6 Å². The van der Waals surface area contributed by atoms with Gasteiger partial charge in [-0.1, -0.05) is 11.6 Å². The van der Waals surface area contributed by atoms with Gasteiger partial charge in [0.25, 0.3) is 0 Å². The Hall–Kier alpha value is 0.460. The van der Waals surface area contributed by atoms with E-state index >= 15 is 0 Å². The summed E-state index contributed by atoms with van der Waals surface area (Å²) in [4.78, 5) is 0. The van der Waals surface area contributed by atoms with Crippen molar-refractivity contribution >= 4 is 11.6 Å². The summed E-state index contributed by atoms with van der Waals surface area (Å²) in [6.45, 7) is 0.635. The molecule has 3 nitrogen and oxygen atoms in total. The van der Waals surface area contributed by atoms with Crippen LogP contribution < -0.4 is 12.4 Å². The van der Waals surface area contributed by atoms with E-state index in [0.717, 1.165) is 0 Å². The fraction of sp³-hybridized carbons (Fsp3) is 1.00. The van der Waals surface area contributed by atoms with Crippen LogP contribution in [0.2, 0.25) is 0 Å². The van der Waals surface area contributed by atoms with Crippen LogP contribution in [0.25, 0.3) is 0 Å². The maximum absolute atomic E-state index is 8.69. The number of hydrogen-bond donors (Lipinski definition) is 2. The van der Waals surface area contributed by atoms with Crippen molar-refractivity contribution in [1.82, 2.24) is 0 Å². The molecule has 0 unspecified atom stereocenters. The van der Waals surface area contributed by atoms with Crippen LogP contribution in [-0.2, 0) is 0 Å². The van der Waals surface area contributed by atoms with Gasteiger partial charge in [0.2, 0.25) is 5.25 Å². The summed E-state index contributed by atoms with van der Waals surface area (Å²) >= 11 is 5.14. The highest BCUT2D eigenvalue weighted by Crippen LogP contribution is 2.12. The van der Waals surface area contributed by atoms with E-state index in [4.69, 9.17) is 21.8 Å². The van der Waals surface area contributed by atoms with E-state index in [-0.39, 0.29) is 18.8 Å². The molecule has 0 aromatic carbocycles. The largest absolute Gasteiger partial charge is 1.00 e. The summed E-state index contributed by atoms with van der Waals surface area (Å²) in [6, 6.07) is 0. The van der Waals surface area contributed by atoms with Crippen molar-refractivity contribution in [3.8, 4) is 0 Å². The van der Waals surface area contributed by atoms with E-state index in [2.05, 4.69) is 0 Å². The molecule has 0 radical (unpaired) electrons. The molecular weight excluding hydrogens is 189 g/mol. The average molecular weight is 204 g/mol. The van der Waals surface area contributed by atoms with E-state index in [1.54, 1.807) is 0 Å². The highest BCUT2D eigenvalue weighted by molar-refractivity contribution is 6.21. The number of alkyl halides is 1. The molecule has 0 bridgehead atoms. The van der Waals surface area contributed by atoms with Crippen LogP contribution >= 0.6 is 11.6 Å². The molecule has 0 aromatic heterocycles. The van der Waals surface area contributed by atoms with Crippen molar-refractivity contribution in [2.75, 3.05) is 27.7 Å². The molecule has 11 heavy (non-hydrogen) atoms. The molecule has 5 heteroatoms. The quantitative estimate of drug-likeness (QED) is 0.291. The van der Waals surface area contributed by atoms with E-state index in [1.165, 1.54) is 0 Å². The lowest BCUT2D eigenvalue weighted by molar-refractivity contribution is -0.871. The summed E-state index contributed by atoms with van der Waals surface area (Å²) in [5.41, 5.74) is 0. The van der Waals surface area contributed by atoms with Gasteiger partial charge in [-0.25, -0.2) is 0 Å². The fourth-order valence-corrected chi connectivity index (χ4v) is 0.562. The number of aliphatic hydroxyl groups is 2. The standard InChI is InChI=1S/C6H15ClNO2.ClH/c1-8(2,3)5-4-6(7,9)10;/h9-10H,4-5H2,1-3H3;1H/q+1;/p-1. The molecule has 0 aliphatic rings. The van der Waals surface area contributed by atoms with Crippen LogP contribution in [0.15, 0.2) is 0 Å². The molecule has 0 amide bonds. The van der Waals surface area contributed by atoms with Crippen molar-refractivity contribution in [3.05, 3.63) is 0 Å². The van der Waals surface area contributed by atoms with Crippen molar-refractivity contribution < 1.29 is 27.1 Å². The monoisotopic (exact) mass is 203 g/mol. The summed E-state index contributed by atoms with van der Waals surface area (Å²) in [7, 11) is 5.88. The van der Waals surface area contributed by atoms with Crippen LogP contribution in [0.3, 0.4) is 0 Å². The van der Waals surface area contributed by atoms with Gasteiger partial charge < -0.3 is 27.1 Å². The first-order valence-corrected chi connectivity index (χ1v) is 3.53. The smallest absolute Gasteiger partial charge is 0.248 e. The van der Waals surface area contributed by atoms with Crippen molar-refractivity contribution in [1.29, 1.82) is 0 Å². The SMILES string of the molecule is C[N+](C)(C)CCC(O)(O)Cl.[Cl-]. The highest BCUT2D eigenvalue weighted by Gasteiger charge is 2.22. The van der Waals surface area contributed by atoms with Crippen LogP contribution in [0, 0.1) is 0 Å². The Labute approximate surface area is 78.6 Å². The van der Waals surface area contributed by atoms with Gasteiger partial charge in [-0.2, -0.15) is 0 Å². The fourth-order valence-electron chi connectivity index (χ4n) is 0.478. The second kappa shape index (κ2) is 4.48. The van der Waals surface area contributed by atoms with Gasteiger partial charge in [-0.05, 0) is 0 Å². The molecule has 0 spiro atoms. The Morgan fingerprint density at radius 1 is 1.27 bits per heavy atom. The predicted octanol–water partition coefficient (Wildman–Crippen LogP) is -3.04. The number of quaternary nitrogens is 1. The lowest BCUT2D eigenvalue weighted by Gasteiger charge is -2.25. The lowest BCUT2D eigenvalue weighted by Crippen LogP contribution is -3.00. The molecule has 0 heterocycles. The molecule has 0 atom stereocenters. The molecule has 0 aromatic rings. The van der Waals surface area contributed by atoms with E-state index in [9.17, 15) is 0 Å². The maximum Gasteiger partial charge on any atom is 0.248 e. The summed E-state index contributed by atoms with van der Waals surface area (Å²) < 4.78 is 0.676. The normalized spacial score (nSPS) is 12.5. The third-order valence-electron chi connectivity index (χ3n) is 1.10. The summed E-state index contributed by atoms with van der Waals surface area (Å²) in [6.07, 6.45) is 0.179. The van der Waals surface area contributed by atoms with E-state index in [0.29, 0.717) is 11.0 Å². The van der Waals surface area contributed by atoms with Gasteiger partial charge in [-0.15, -0.1) is 0 Å². The van der Waals surface area contributed by atoms with Gasteiger partial charge >= 0.3 is 0 Å². The van der Waals surface area contributed by atoms with Crippen molar-refractivity contribution in [2.24, 2.45) is 0 Å². The molecule has 0 saturated carbocycles. The van der Waals surface area contributed by atoms with Crippen LogP contribution in [0.4, 0.5) is 0 Å². The van der Waals surface area contributed by atoms with Gasteiger partial charge in [0, 0.05) is 0 Å². The van der Waals surface area contributed by atoms with Crippen molar-refractivity contribution in [3.63, 3.8) is 0 Å². The molecule has 0 fully saturated rings. The van der Waals surface area contributed by atoms with Gasteiger partial charge in [0.05, 0.1) is 34.1 Å². The molecule has 0 aliphatic carbocycles. The van der Waals surface area contributed by atoms with Crippen molar-refractivity contribution in [2.45, 2.75) is 11.7 Å². The first-order valence-electron chi connectivity index (χ1n) is 3.15. The third kappa shape index (κ3) is 13.5. The zero-order chi connectivity index (χ0) is 8.41. The molecule has 70 valence electrons. The number of hydrogen-bond acceptors (Lipinski definition) is 2. The zero-order valence-electron chi connectivity index (χ0n) is 7.01. The minimum absolute atomic E-state index is 0. The predicted molar refractivity (Wildman–Crippen MR) is 40.5 cm³/mol. The second-order valence-electron chi connectivity index (χ2n) is 3.48. The second-order valence-corrected chi connectivity index (χ2v) is 4.09. The Morgan fingerprint density at radius 3 is 1.73 bits per heavy atom. The average Bonchev–Trinajstić information content (AvgIpc) is 1.57. The minimum Gasteiger partial charge on any atom is -1.00 e. The minimum atomic E-state index is -2.04. The lowest BCUT2D eigenvalue weighted by atomic mass is 10.3. The first kappa shape index (κ1) is 14.0. The third-order valence-corrected chi connectivity index (χ3v) is 1.29. The Balaban J connectivity index is 0. The Bertz CT molecular complexity index is 92.1. The summed E-state index contributed by atoms with van der Waals surface area (Å²) in [5, 5.41) is 15.3. The van der Waals surface area contributed by atoms with E-state index in [1.807, 2.05) is 21.1 Å². The first-order chi connectivity index (χ1) is 4.21. The van der Waals surface area contributed by atoms with Crippen LogP contribution in [0.1, 0.15) is 6.42 Å². The number of rotatable bonds is 3. The Kier molecular flexibility index (Phi) is 5.70. The Morgan fingerprint density at radius 2 is 1.64 bits per heavy atom. The highest BCUT2D eigenvalue weighted by atomic mass is 35.5. The molecule has 0 rings (SSSR count). The molecule has 0 saturated heterocycles. The van der Waals surface area contributed by atoms with Crippen LogP contribution in [0.5, 0.6) is 0 Å². The van der Waals surface area contributed by atoms with Gasteiger partial charge in [0.15, 0.2) is 0 Å². The topological polar surface area (TPSA) is 40.5 Å². The molecule has 2 N–H and O–H groups in total. The maximum atomic E-state index is 8.69. The van der Waals surface area contributed by atoms with E-state index < -0.39 is 5.25 Å². The van der Waals surface area contributed by atoms with Gasteiger partial charge in [0.1, 0.15) is 0 Å².